The van der Waals surface area contributed by atoms with E-state index in [1.165, 1.54) is 0 Å². The van der Waals surface area contributed by atoms with Crippen molar-refractivity contribution in [1.82, 2.24) is 5.32 Å². The molecule has 2 aromatic rings. The minimum atomic E-state index is -0.205. The van der Waals surface area contributed by atoms with Gasteiger partial charge < -0.3 is 24.3 Å². The van der Waals surface area contributed by atoms with E-state index in [1.807, 2.05) is 25.1 Å². The van der Waals surface area contributed by atoms with Crippen LogP contribution in [0.2, 0.25) is 0 Å². The predicted molar refractivity (Wildman–Crippen MR) is 94.5 cm³/mol. The highest BCUT2D eigenvalue weighted by Gasteiger charge is 2.07. The monoisotopic (exact) mass is 345 g/mol. The first-order valence-corrected chi connectivity index (χ1v) is 7.99. The first-order valence-electron chi connectivity index (χ1n) is 7.99. The quantitative estimate of drug-likeness (QED) is 0.757. The van der Waals surface area contributed by atoms with E-state index < -0.39 is 0 Å². The van der Waals surface area contributed by atoms with Crippen LogP contribution >= 0.6 is 0 Å². The Labute approximate surface area is 147 Å². The third-order valence-electron chi connectivity index (χ3n) is 3.45. The largest absolute Gasteiger partial charge is 0.497 e. The molecule has 0 aliphatic rings. The van der Waals surface area contributed by atoms with E-state index in [0.717, 1.165) is 11.3 Å². The number of carbonyl (C=O) groups is 1. The molecule has 25 heavy (non-hydrogen) atoms. The Kier molecular flexibility index (Phi) is 6.95. The number of carbonyl (C=O) groups excluding carboxylic acids is 1. The van der Waals surface area contributed by atoms with Crippen LogP contribution in [0.15, 0.2) is 42.5 Å². The SMILES string of the molecule is CCOc1ccc(CNC(=O)COc2ccc(OC)cc2)cc1OC. The maximum Gasteiger partial charge on any atom is 0.258 e. The van der Waals surface area contributed by atoms with E-state index in [-0.39, 0.29) is 12.5 Å². The lowest BCUT2D eigenvalue weighted by Crippen LogP contribution is -2.28. The fourth-order valence-electron chi connectivity index (χ4n) is 2.17. The summed E-state index contributed by atoms with van der Waals surface area (Å²) in [5.74, 6) is 2.47. The first kappa shape index (κ1) is 18.4. The molecule has 2 rings (SSSR count). The van der Waals surface area contributed by atoms with Gasteiger partial charge in [0.15, 0.2) is 18.1 Å². The van der Waals surface area contributed by atoms with Crippen molar-refractivity contribution in [2.45, 2.75) is 13.5 Å². The summed E-state index contributed by atoms with van der Waals surface area (Å²) in [6, 6.07) is 12.6. The third-order valence-corrected chi connectivity index (χ3v) is 3.45. The highest BCUT2D eigenvalue weighted by molar-refractivity contribution is 5.77. The highest BCUT2D eigenvalue weighted by atomic mass is 16.5. The van der Waals surface area contributed by atoms with Gasteiger partial charge in [0, 0.05) is 6.54 Å². The van der Waals surface area contributed by atoms with Gasteiger partial charge >= 0.3 is 0 Å². The van der Waals surface area contributed by atoms with E-state index in [4.69, 9.17) is 18.9 Å². The summed E-state index contributed by atoms with van der Waals surface area (Å²) < 4.78 is 21.3. The van der Waals surface area contributed by atoms with Crippen LogP contribution in [-0.2, 0) is 11.3 Å². The molecule has 1 amide bonds. The molecule has 0 saturated carbocycles. The van der Waals surface area contributed by atoms with Crippen molar-refractivity contribution < 1.29 is 23.7 Å². The van der Waals surface area contributed by atoms with Crippen molar-refractivity contribution in [2.75, 3.05) is 27.4 Å². The van der Waals surface area contributed by atoms with E-state index in [2.05, 4.69) is 5.32 Å². The lowest BCUT2D eigenvalue weighted by Gasteiger charge is -2.12. The van der Waals surface area contributed by atoms with Crippen molar-refractivity contribution in [2.24, 2.45) is 0 Å². The molecule has 6 heteroatoms. The second-order valence-corrected chi connectivity index (χ2v) is 5.16. The minimum absolute atomic E-state index is 0.0551. The molecular weight excluding hydrogens is 322 g/mol. The maximum atomic E-state index is 11.9. The Morgan fingerprint density at radius 1 is 0.920 bits per heavy atom. The number of methoxy groups -OCH3 is 2. The Morgan fingerprint density at radius 2 is 1.64 bits per heavy atom. The average molecular weight is 345 g/mol. The standard InChI is InChI=1S/C19H23NO5/c1-4-24-17-10-5-14(11-18(17)23-3)12-20-19(21)13-25-16-8-6-15(22-2)7-9-16/h5-11H,4,12-13H2,1-3H3,(H,20,21). The van der Waals surface area contributed by atoms with Crippen LogP contribution in [0.4, 0.5) is 0 Å². The highest BCUT2D eigenvalue weighted by Crippen LogP contribution is 2.27. The summed E-state index contributed by atoms with van der Waals surface area (Å²) >= 11 is 0. The Morgan fingerprint density at radius 3 is 2.28 bits per heavy atom. The number of hydrogen-bond acceptors (Lipinski definition) is 5. The molecule has 0 fully saturated rings. The van der Waals surface area contributed by atoms with Crippen LogP contribution in [0, 0.1) is 0 Å². The average Bonchev–Trinajstić information content (AvgIpc) is 2.66. The molecule has 0 atom stereocenters. The van der Waals surface area contributed by atoms with E-state index in [9.17, 15) is 4.79 Å². The van der Waals surface area contributed by atoms with Gasteiger partial charge in [-0.05, 0) is 48.9 Å². The maximum absolute atomic E-state index is 11.9. The third kappa shape index (κ3) is 5.60. The van der Waals surface area contributed by atoms with Crippen molar-refractivity contribution in [3.8, 4) is 23.0 Å². The molecule has 134 valence electrons. The molecule has 2 aromatic carbocycles. The summed E-state index contributed by atoms with van der Waals surface area (Å²) in [5, 5.41) is 2.81. The predicted octanol–water partition coefficient (Wildman–Crippen LogP) is 2.80. The summed E-state index contributed by atoms with van der Waals surface area (Å²) in [6.07, 6.45) is 0. The van der Waals surface area contributed by atoms with Gasteiger partial charge in [-0.15, -0.1) is 0 Å². The lowest BCUT2D eigenvalue weighted by molar-refractivity contribution is -0.123. The molecule has 0 saturated heterocycles. The summed E-state index contributed by atoms with van der Waals surface area (Å²) in [4.78, 5) is 11.9. The zero-order chi connectivity index (χ0) is 18.1. The molecule has 0 aliphatic carbocycles. The fourth-order valence-corrected chi connectivity index (χ4v) is 2.17. The Hall–Kier alpha value is -2.89. The normalized spacial score (nSPS) is 10.0. The van der Waals surface area contributed by atoms with Crippen LogP contribution < -0.4 is 24.3 Å². The molecule has 0 aromatic heterocycles. The molecule has 0 heterocycles. The molecule has 0 bridgehead atoms. The zero-order valence-corrected chi connectivity index (χ0v) is 14.7. The van der Waals surface area contributed by atoms with E-state index in [0.29, 0.717) is 30.4 Å². The Bertz CT molecular complexity index is 685. The van der Waals surface area contributed by atoms with Gasteiger partial charge in [-0.1, -0.05) is 6.07 Å². The van der Waals surface area contributed by atoms with Crippen LogP contribution in [0.3, 0.4) is 0 Å². The van der Waals surface area contributed by atoms with Crippen LogP contribution in [0.1, 0.15) is 12.5 Å². The van der Waals surface area contributed by atoms with Crippen molar-refractivity contribution >= 4 is 5.91 Å². The van der Waals surface area contributed by atoms with Crippen molar-refractivity contribution in [1.29, 1.82) is 0 Å². The summed E-state index contributed by atoms with van der Waals surface area (Å²) in [7, 11) is 3.18. The number of benzene rings is 2. The van der Waals surface area contributed by atoms with E-state index in [1.54, 1.807) is 38.5 Å². The molecule has 6 nitrogen and oxygen atoms in total. The van der Waals surface area contributed by atoms with Crippen LogP contribution in [0.5, 0.6) is 23.0 Å². The summed E-state index contributed by atoms with van der Waals surface area (Å²) in [5.41, 5.74) is 0.915. The first-order chi connectivity index (χ1) is 12.2. The van der Waals surface area contributed by atoms with Gasteiger partial charge in [0.05, 0.1) is 20.8 Å². The van der Waals surface area contributed by atoms with Gasteiger partial charge in [0.2, 0.25) is 0 Å². The van der Waals surface area contributed by atoms with Crippen molar-refractivity contribution in [3.05, 3.63) is 48.0 Å². The number of nitrogens with one attached hydrogen (secondary N) is 1. The molecule has 1 N–H and O–H groups in total. The minimum Gasteiger partial charge on any atom is -0.497 e. The molecule has 0 aliphatic heterocycles. The Balaban J connectivity index is 1.82. The number of ether oxygens (including phenoxy) is 4. The molecule has 0 unspecified atom stereocenters. The van der Waals surface area contributed by atoms with Gasteiger partial charge in [-0.25, -0.2) is 0 Å². The zero-order valence-electron chi connectivity index (χ0n) is 14.7. The number of amides is 1. The second-order valence-electron chi connectivity index (χ2n) is 5.16. The smallest absolute Gasteiger partial charge is 0.258 e. The number of hydrogen-bond donors (Lipinski definition) is 1. The van der Waals surface area contributed by atoms with Crippen LogP contribution in [-0.4, -0.2) is 33.3 Å². The van der Waals surface area contributed by atoms with Crippen molar-refractivity contribution in [3.63, 3.8) is 0 Å². The summed E-state index contributed by atoms with van der Waals surface area (Å²) in [6.45, 7) is 2.81. The van der Waals surface area contributed by atoms with E-state index >= 15 is 0 Å². The lowest BCUT2D eigenvalue weighted by atomic mass is 10.2. The number of rotatable bonds is 9. The topological polar surface area (TPSA) is 66.0 Å². The molecular formula is C19H23NO5. The molecule has 0 spiro atoms. The van der Waals surface area contributed by atoms with Gasteiger partial charge in [-0.2, -0.15) is 0 Å². The second kappa shape index (κ2) is 9.42. The van der Waals surface area contributed by atoms with Gasteiger partial charge in [0.1, 0.15) is 11.5 Å². The van der Waals surface area contributed by atoms with Gasteiger partial charge in [-0.3, -0.25) is 4.79 Å². The van der Waals surface area contributed by atoms with Crippen LogP contribution in [0.25, 0.3) is 0 Å². The fraction of sp³-hybridized carbons (Fsp3) is 0.316. The van der Waals surface area contributed by atoms with Gasteiger partial charge in [0.25, 0.3) is 5.91 Å². The molecule has 0 radical (unpaired) electrons.